The molecule has 0 bridgehead atoms. The van der Waals surface area contributed by atoms with Crippen LogP contribution in [0.4, 0.5) is 0 Å². The lowest BCUT2D eigenvalue weighted by molar-refractivity contribution is -0.126. The number of likely N-dealkylation sites (tertiary alicyclic amines) is 2. The Labute approximate surface area is 213 Å². The number of nitrogens with one attached hydrogen (secondary N) is 1. The fraction of sp³-hybridized carbons (Fsp3) is 0.552. The van der Waals surface area contributed by atoms with E-state index in [0.717, 1.165) is 51.0 Å². The van der Waals surface area contributed by atoms with E-state index in [1.54, 1.807) is 0 Å². The van der Waals surface area contributed by atoms with Crippen molar-refractivity contribution in [3.8, 4) is 11.5 Å². The van der Waals surface area contributed by atoms with Gasteiger partial charge in [0.05, 0.1) is 12.0 Å². The summed E-state index contributed by atoms with van der Waals surface area (Å²) in [5.74, 6) is 1.39. The minimum atomic E-state index is -0.813. The molecule has 6 rings (SSSR count). The Morgan fingerprint density at radius 3 is 2.47 bits per heavy atom. The van der Waals surface area contributed by atoms with Gasteiger partial charge in [-0.15, -0.1) is 0 Å². The van der Waals surface area contributed by atoms with Crippen LogP contribution in [0.3, 0.4) is 0 Å². The molecule has 0 radical (unpaired) electrons. The van der Waals surface area contributed by atoms with Gasteiger partial charge in [0.15, 0.2) is 11.5 Å². The van der Waals surface area contributed by atoms with Crippen LogP contribution in [0.1, 0.15) is 42.1 Å². The topological polar surface area (TPSA) is 74.3 Å². The minimum absolute atomic E-state index is 0.0396. The number of amides is 1. The quantitative estimate of drug-likeness (QED) is 0.620. The SMILES string of the molecule is O=C(N[C@H](CN1CCCC1)[C@H](O)c1ccc2c(c1)OCCO2)[C@@H]1CCN(C2Cc3ccccc3C2)C1. The maximum absolute atomic E-state index is 13.5. The van der Waals surface area contributed by atoms with Gasteiger partial charge in [-0.1, -0.05) is 30.3 Å². The molecule has 2 aromatic rings. The summed E-state index contributed by atoms with van der Waals surface area (Å²) < 4.78 is 11.4. The molecule has 1 amide bonds. The Morgan fingerprint density at radius 2 is 1.72 bits per heavy atom. The van der Waals surface area contributed by atoms with Crippen LogP contribution in [0.2, 0.25) is 0 Å². The van der Waals surface area contributed by atoms with Crippen LogP contribution in [-0.2, 0) is 17.6 Å². The second kappa shape index (κ2) is 10.4. The molecule has 3 heterocycles. The van der Waals surface area contributed by atoms with Gasteiger partial charge >= 0.3 is 0 Å². The number of aliphatic hydroxyl groups is 1. The zero-order chi connectivity index (χ0) is 24.5. The second-order valence-electron chi connectivity index (χ2n) is 10.8. The van der Waals surface area contributed by atoms with Crippen molar-refractivity contribution >= 4 is 5.91 Å². The van der Waals surface area contributed by atoms with Crippen LogP contribution in [0.15, 0.2) is 42.5 Å². The van der Waals surface area contributed by atoms with Crippen LogP contribution in [0.25, 0.3) is 0 Å². The molecule has 0 spiro atoms. The Balaban J connectivity index is 1.12. The molecule has 2 N–H and O–H groups in total. The average Bonchev–Trinajstić information content (AvgIpc) is 3.68. The summed E-state index contributed by atoms with van der Waals surface area (Å²) in [6.07, 6.45) is 4.54. The molecule has 4 aliphatic rings. The summed E-state index contributed by atoms with van der Waals surface area (Å²) in [5.41, 5.74) is 3.65. The van der Waals surface area contributed by atoms with E-state index in [2.05, 4.69) is 39.4 Å². The van der Waals surface area contributed by atoms with E-state index < -0.39 is 6.10 Å². The fourth-order valence-electron chi connectivity index (χ4n) is 6.37. The monoisotopic (exact) mass is 491 g/mol. The van der Waals surface area contributed by atoms with Gasteiger partial charge in [0.2, 0.25) is 5.91 Å². The summed E-state index contributed by atoms with van der Waals surface area (Å²) >= 11 is 0. The highest BCUT2D eigenvalue weighted by molar-refractivity contribution is 5.79. The number of nitrogens with zero attached hydrogens (tertiary/aromatic N) is 2. The molecule has 7 heteroatoms. The molecule has 2 aromatic carbocycles. The molecule has 192 valence electrons. The highest BCUT2D eigenvalue weighted by Crippen LogP contribution is 2.34. The van der Waals surface area contributed by atoms with Crippen LogP contribution in [0, 0.1) is 5.92 Å². The molecule has 36 heavy (non-hydrogen) atoms. The van der Waals surface area contributed by atoms with E-state index in [4.69, 9.17) is 9.47 Å². The maximum Gasteiger partial charge on any atom is 0.224 e. The van der Waals surface area contributed by atoms with Crippen LogP contribution in [0.5, 0.6) is 11.5 Å². The summed E-state index contributed by atoms with van der Waals surface area (Å²) in [4.78, 5) is 18.3. The van der Waals surface area contributed by atoms with Crippen LogP contribution in [-0.4, -0.2) is 78.8 Å². The van der Waals surface area contributed by atoms with Crippen molar-refractivity contribution in [2.45, 2.75) is 50.3 Å². The first kappa shape index (κ1) is 23.8. The number of hydrogen-bond acceptors (Lipinski definition) is 6. The van der Waals surface area contributed by atoms with Gasteiger partial charge in [0.1, 0.15) is 19.3 Å². The molecule has 3 atom stereocenters. The van der Waals surface area contributed by atoms with Crippen molar-refractivity contribution in [3.63, 3.8) is 0 Å². The van der Waals surface area contributed by atoms with Crippen molar-refractivity contribution < 1.29 is 19.4 Å². The van der Waals surface area contributed by atoms with E-state index in [9.17, 15) is 9.90 Å². The first-order chi connectivity index (χ1) is 17.6. The first-order valence-corrected chi connectivity index (χ1v) is 13.6. The van der Waals surface area contributed by atoms with E-state index in [-0.39, 0.29) is 17.9 Å². The Kier molecular flexibility index (Phi) is 6.87. The third-order valence-corrected chi connectivity index (χ3v) is 8.41. The second-order valence-corrected chi connectivity index (χ2v) is 10.8. The Hall–Kier alpha value is -2.61. The smallest absolute Gasteiger partial charge is 0.224 e. The molecule has 0 aromatic heterocycles. The van der Waals surface area contributed by atoms with Crippen molar-refractivity contribution in [2.24, 2.45) is 5.92 Å². The highest BCUT2D eigenvalue weighted by Gasteiger charge is 2.36. The summed E-state index contributed by atoms with van der Waals surface area (Å²) in [7, 11) is 0. The number of fused-ring (bicyclic) bond motifs is 2. The number of ether oxygens (including phenoxy) is 2. The highest BCUT2D eigenvalue weighted by atomic mass is 16.6. The van der Waals surface area contributed by atoms with E-state index >= 15 is 0 Å². The molecule has 0 saturated carbocycles. The Bertz CT molecular complexity index is 1060. The van der Waals surface area contributed by atoms with Gasteiger partial charge in [-0.2, -0.15) is 0 Å². The Morgan fingerprint density at radius 1 is 1.00 bits per heavy atom. The molecule has 1 aliphatic carbocycles. The lowest BCUT2D eigenvalue weighted by atomic mass is 9.99. The average molecular weight is 492 g/mol. The summed E-state index contributed by atoms with van der Waals surface area (Å²) in [6.45, 7) is 5.47. The lowest BCUT2D eigenvalue weighted by Gasteiger charge is -2.30. The van der Waals surface area contributed by atoms with Gasteiger partial charge in [0, 0.05) is 19.1 Å². The molecule has 3 aliphatic heterocycles. The van der Waals surface area contributed by atoms with E-state index in [0.29, 0.717) is 37.3 Å². The lowest BCUT2D eigenvalue weighted by Crippen LogP contribution is -2.49. The van der Waals surface area contributed by atoms with Gasteiger partial charge < -0.3 is 24.8 Å². The predicted molar refractivity (Wildman–Crippen MR) is 137 cm³/mol. The number of carbonyl (C=O) groups excluding carboxylic acids is 1. The molecular weight excluding hydrogens is 454 g/mol. The number of carbonyl (C=O) groups is 1. The zero-order valence-electron chi connectivity index (χ0n) is 20.9. The fourth-order valence-corrected chi connectivity index (χ4v) is 6.37. The van der Waals surface area contributed by atoms with E-state index in [1.165, 1.54) is 24.0 Å². The number of rotatable bonds is 7. The van der Waals surface area contributed by atoms with Crippen molar-refractivity contribution in [1.82, 2.24) is 15.1 Å². The van der Waals surface area contributed by atoms with Crippen LogP contribution < -0.4 is 14.8 Å². The van der Waals surface area contributed by atoms with Gasteiger partial charge in [-0.05, 0) is 80.6 Å². The molecule has 2 saturated heterocycles. The number of aliphatic hydroxyl groups excluding tert-OH is 1. The van der Waals surface area contributed by atoms with Gasteiger partial charge in [-0.3, -0.25) is 9.69 Å². The molecule has 0 unspecified atom stereocenters. The van der Waals surface area contributed by atoms with Crippen molar-refractivity contribution in [2.75, 3.05) is 45.9 Å². The third-order valence-electron chi connectivity index (χ3n) is 8.41. The van der Waals surface area contributed by atoms with Gasteiger partial charge in [0.25, 0.3) is 0 Å². The van der Waals surface area contributed by atoms with Crippen LogP contribution >= 0.6 is 0 Å². The van der Waals surface area contributed by atoms with Gasteiger partial charge in [-0.25, -0.2) is 0 Å². The normalized spacial score (nSPS) is 24.0. The first-order valence-electron chi connectivity index (χ1n) is 13.6. The van der Waals surface area contributed by atoms with E-state index in [1.807, 2.05) is 18.2 Å². The predicted octanol–water partition coefficient (Wildman–Crippen LogP) is 2.56. The standard InChI is InChI=1S/C29H37N3O4/c33-28(22-7-8-26-27(17-22)36-14-13-35-26)25(19-31-10-3-4-11-31)30-29(34)23-9-12-32(18-23)24-15-20-5-1-2-6-21(20)16-24/h1-2,5-8,17,23-25,28,33H,3-4,9-16,18-19H2,(H,30,34)/t23-,25-,28-/m1/s1. The minimum Gasteiger partial charge on any atom is -0.486 e. The molecule has 7 nitrogen and oxygen atoms in total. The number of benzene rings is 2. The summed E-state index contributed by atoms with van der Waals surface area (Å²) in [6, 6.07) is 14.4. The zero-order valence-corrected chi connectivity index (χ0v) is 20.9. The molecule has 2 fully saturated rings. The third kappa shape index (κ3) is 4.97. The maximum atomic E-state index is 13.5. The molecular formula is C29H37N3O4. The summed E-state index contributed by atoms with van der Waals surface area (Å²) in [5, 5.41) is 14.7. The van der Waals surface area contributed by atoms with Crippen molar-refractivity contribution in [3.05, 3.63) is 59.2 Å². The number of hydrogen-bond donors (Lipinski definition) is 2. The largest absolute Gasteiger partial charge is 0.486 e. The van der Waals surface area contributed by atoms with Crippen molar-refractivity contribution in [1.29, 1.82) is 0 Å².